The minimum absolute atomic E-state index is 0.572. The molecule has 0 aromatic carbocycles. The third-order valence-electron chi connectivity index (χ3n) is 1.39. The molecule has 0 atom stereocenters. The third kappa shape index (κ3) is 4.76. The van der Waals surface area contributed by atoms with Gasteiger partial charge in [-0.3, -0.25) is 0 Å². The molecule has 1 rings (SSSR count). The fraction of sp³-hybridized carbons (Fsp3) is 0.556. The number of hydrogen-bond acceptors (Lipinski definition) is 3. The molecule has 74 valence electrons. The number of hydrogen-bond donors (Lipinski definition) is 1. The van der Waals surface area contributed by atoms with Crippen LogP contribution in [0.15, 0.2) is 15.9 Å². The van der Waals surface area contributed by atoms with E-state index in [1.165, 1.54) is 4.88 Å². The average Bonchev–Trinajstić information content (AvgIpc) is 2.45. The predicted octanol–water partition coefficient (Wildman–Crippen LogP) is 3.19. The summed E-state index contributed by atoms with van der Waals surface area (Å²) in [6, 6.07) is 2.09. The highest BCUT2D eigenvalue weighted by Crippen LogP contribution is 2.19. The molecule has 0 unspecified atom stereocenters. The summed E-state index contributed by atoms with van der Waals surface area (Å²) in [5.74, 6) is 0.572. The van der Waals surface area contributed by atoms with E-state index in [-0.39, 0.29) is 0 Å². The summed E-state index contributed by atoms with van der Waals surface area (Å²) in [6.07, 6.45) is 0. The molecule has 1 aromatic rings. The van der Waals surface area contributed by atoms with Crippen LogP contribution in [0.1, 0.15) is 18.7 Å². The Labute approximate surface area is 91.4 Å². The lowest BCUT2D eigenvalue weighted by atomic mass is 10.2. The summed E-state index contributed by atoms with van der Waals surface area (Å²) >= 11 is 5.13. The van der Waals surface area contributed by atoms with Crippen LogP contribution in [0.3, 0.4) is 0 Å². The second-order valence-corrected chi connectivity index (χ2v) is 5.17. The van der Waals surface area contributed by atoms with E-state index < -0.39 is 0 Å². The Morgan fingerprint density at radius 3 is 2.92 bits per heavy atom. The van der Waals surface area contributed by atoms with Gasteiger partial charge in [-0.1, -0.05) is 13.8 Å². The molecular weight excluding hydrogens is 250 g/mol. The molecule has 0 saturated carbocycles. The standard InChI is InChI=1S/C9H14BrNOS/c1-7(2)5-12-11-4-9-3-8(10)6-13-9/h3,6-7,11H,4-5H2,1-2H3. The molecule has 2 nitrogen and oxygen atoms in total. The maximum absolute atomic E-state index is 5.25. The molecule has 0 amide bonds. The van der Waals surface area contributed by atoms with E-state index in [0.29, 0.717) is 5.92 Å². The first-order valence-electron chi connectivity index (χ1n) is 4.26. The Kier molecular flexibility index (Phi) is 4.94. The molecule has 13 heavy (non-hydrogen) atoms. The van der Waals surface area contributed by atoms with Crippen LogP contribution in [-0.2, 0) is 11.4 Å². The first kappa shape index (κ1) is 11.2. The number of thiophene rings is 1. The quantitative estimate of drug-likeness (QED) is 0.651. The van der Waals surface area contributed by atoms with Crippen LogP contribution in [0.4, 0.5) is 0 Å². The van der Waals surface area contributed by atoms with Crippen LogP contribution in [0, 0.1) is 5.92 Å². The van der Waals surface area contributed by atoms with Gasteiger partial charge in [-0.25, -0.2) is 0 Å². The van der Waals surface area contributed by atoms with Crippen LogP contribution < -0.4 is 5.48 Å². The van der Waals surface area contributed by atoms with E-state index in [4.69, 9.17) is 4.84 Å². The summed E-state index contributed by atoms with van der Waals surface area (Å²) in [4.78, 5) is 6.52. The van der Waals surface area contributed by atoms with Crippen molar-refractivity contribution in [3.8, 4) is 0 Å². The van der Waals surface area contributed by atoms with Crippen LogP contribution >= 0.6 is 27.3 Å². The lowest BCUT2D eigenvalue weighted by Crippen LogP contribution is -2.16. The fourth-order valence-corrected chi connectivity index (χ4v) is 2.17. The minimum Gasteiger partial charge on any atom is -0.301 e. The Hall–Kier alpha value is 0.1000. The van der Waals surface area contributed by atoms with Crippen molar-refractivity contribution in [2.24, 2.45) is 5.92 Å². The number of halogens is 1. The zero-order valence-electron chi connectivity index (χ0n) is 7.84. The highest BCUT2D eigenvalue weighted by molar-refractivity contribution is 9.10. The van der Waals surface area contributed by atoms with Crippen LogP contribution in [0.5, 0.6) is 0 Å². The van der Waals surface area contributed by atoms with Crippen molar-refractivity contribution >= 4 is 27.3 Å². The summed E-state index contributed by atoms with van der Waals surface area (Å²) < 4.78 is 1.14. The Morgan fingerprint density at radius 1 is 1.62 bits per heavy atom. The molecule has 0 fully saturated rings. The van der Waals surface area contributed by atoms with Crippen molar-refractivity contribution < 1.29 is 4.84 Å². The lowest BCUT2D eigenvalue weighted by molar-refractivity contribution is 0.0201. The maximum Gasteiger partial charge on any atom is 0.0705 e. The van der Waals surface area contributed by atoms with E-state index in [0.717, 1.165) is 17.6 Å². The van der Waals surface area contributed by atoms with Gasteiger partial charge in [-0.2, -0.15) is 5.48 Å². The second kappa shape index (κ2) is 5.75. The molecule has 1 heterocycles. The monoisotopic (exact) mass is 263 g/mol. The molecule has 0 aliphatic carbocycles. The van der Waals surface area contributed by atoms with Gasteiger partial charge in [-0.15, -0.1) is 11.3 Å². The van der Waals surface area contributed by atoms with Crippen molar-refractivity contribution in [1.29, 1.82) is 0 Å². The number of rotatable bonds is 5. The van der Waals surface area contributed by atoms with Gasteiger partial charge in [0.2, 0.25) is 0 Å². The van der Waals surface area contributed by atoms with Gasteiger partial charge in [0.05, 0.1) is 13.2 Å². The molecular formula is C9H14BrNOS. The molecule has 0 aliphatic rings. The van der Waals surface area contributed by atoms with E-state index in [1.807, 2.05) is 0 Å². The van der Waals surface area contributed by atoms with Crippen molar-refractivity contribution in [1.82, 2.24) is 5.48 Å². The zero-order valence-corrected chi connectivity index (χ0v) is 10.2. The van der Waals surface area contributed by atoms with Gasteiger partial charge in [0.15, 0.2) is 0 Å². The first-order chi connectivity index (χ1) is 6.18. The largest absolute Gasteiger partial charge is 0.301 e. The topological polar surface area (TPSA) is 21.3 Å². The van der Waals surface area contributed by atoms with Gasteiger partial charge in [0.25, 0.3) is 0 Å². The summed E-state index contributed by atoms with van der Waals surface area (Å²) in [5.41, 5.74) is 2.94. The molecule has 4 heteroatoms. The molecule has 0 bridgehead atoms. The van der Waals surface area contributed by atoms with Crippen LogP contribution in [-0.4, -0.2) is 6.61 Å². The van der Waals surface area contributed by atoms with Gasteiger partial charge in [0.1, 0.15) is 0 Å². The lowest BCUT2D eigenvalue weighted by Gasteiger charge is -2.06. The molecule has 0 saturated heterocycles. The number of hydroxylamine groups is 1. The van der Waals surface area contributed by atoms with Gasteiger partial charge in [-0.05, 0) is 27.9 Å². The van der Waals surface area contributed by atoms with E-state index in [9.17, 15) is 0 Å². The Morgan fingerprint density at radius 2 is 2.38 bits per heavy atom. The molecule has 0 spiro atoms. The Balaban J connectivity index is 2.13. The highest BCUT2D eigenvalue weighted by atomic mass is 79.9. The maximum atomic E-state index is 5.25. The first-order valence-corrected chi connectivity index (χ1v) is 5.93. The van der Waals surface area contributed by atoms with E-state index >= 15 is 0 Å². The van der Waals surface area contributed by atoms with Crippen molar-refractivity contribution in [3.63, 3.8) is 0 Å². The SMILES string of the molecule is CC(C)CONCc1cc(Br)cs1. The fourth-order valence-electron chi connectivity index (χ4n) is 0.794. The molecule has 0 radical (unpaired) electrons. The van der Waals surface area contributed by atoms with Gasteiger partial charge >= 0.3 is 0 Å². The zero-order chi connectivity index (χ0) is 9.68. The highest BCUT2D eigenvalue weighted by Gasteiger charge is 1.97. The third-order valence-corrected chi connectivity index (χ3v) is 3.08. The van der Waals surface area contributed by atoms with Gasteiger partial charge in [0, 0.05) is 14.7 Å². The Bertz CT molecular complexity index is 250. The van der Waals surface area contributed by atoms with Crippen LogP contribution in [0.2, 0.25) is 0 Å². The van der Waals surface area contributed by atoms with Gasteiger partial charge < -0.3 is 4.84 Å². The summed E-state index contributed by atoms with van der Waals surface area (Å²) in [6.45, 7) is 5.79. The normalized spacial score (nSPS) is 11.1. The smallest absolute Gasteiger partial charge is 0.0705 e. The van der Waals surface area contributed by atoms with Crippen molar-refractivity contribution in [3.05, 3.63) is 20.8 Å². The summed E-state index contributed by atoms with van der Waals surface area (Å²) in [7, 11) is 0. The van der Waals surface area contributed by atoms with Crippen molar-refractivity contribution in [2.45, 2.75) is 20.4 Å². The van der Waals surface area contributed by atoms with Crippen LogP contribution in [0.25, 0.3) is 0 Å². The minimum atomic E-state index is 0.572. The average molecular weight is 264 g/mol. The van der Waals surface area contributed by atoms with E-state index in [1.54, 1.807) is 11.3 Å². The van der Waals surface area contributed by atoms with Crippen molar-refractivity contribution in [2.75, 3.05) is 6.61 Å². The summed E-state index contributed by atoms with van der Waals surface area (Å²) in [5, 5.41) is 2.07. The van der Waals surface area contributed by atoms with E-state index in [2.05, 4.69) is 46.7 Å². The predicted molar refractivity (Wildman–Crippen MR) is 59.6 cm³/mol. The molecule has 0 aliphatic heterocycles. The molecule has 1 aromatic heterocycles. The number of nitrogens with one attached hydrogen (secondary N) is 1. The molecule has 1 N–H and O–H groups in total. The second-order valence-electron chi connectivity index (χ2n) is 3.26.